The SMILES string of the molecule is c1ccc(-c2cccc(N(c3ccc(-c4cccc(-c5ccc6ccccc6c5)c4)cc3)c3ccc(-c4ccc5c(c4)c4ccccc4n5-c4ccccc4)cc3)c2)cc1. The minimum atomic E-state index is 1.09. The van der Waals surface area contributed by atoms with E-state index in [0.29, 0.717) is 0 Å². The zero-order chi connectivity index (χ0) is 39.8. The maximum absolute atomic E-state index is 2.37. The summed E-state index contributed by atoms with van der Waals surface area (Å²) in [7, 11) is 0. The summed E-state index contributed by atoms with van der Waals surface area (Å²) in [5.41, 5.74) is 16.4. The Bertz CT molecular complexity index is 3290. The van der Waals surface area contributed by atoms with Crippen molar-refractivity contribution in [2.75, 3.05) is 4.90 Å². The molecule has 0 unspecified atom stereocenters. The summed E-state index contributed by atoms with van der Waals surface area (Å²) >= 11 is 0. The zero-order valence-electron chi connectivity index (χ0n) is 33.0. The van der Waals surface area contributed by atoms with E-state index in [1.54, 1.807) is 0 Å². The van der Waals surface area contributed by atoms with Crippen LogP contribution in [0.25, 0.3) is 82.8 Å². The van der Waals surface area contributed by atoms with Gasteiger partial charge in [0.2, 0.25) is 0 Å². The van der Waals surface area contributed by atoms with Crippen LogP contribution in [0.3, 0.4) is 0 Å². The predicted octanol–water partition coefficient (Wildman–Crippen LogP) is 16.1. The van der Waals surface area contributed by atoms with Gasteiger partial charge in [-0.25, -0.2) is 0 Å². The van der Waals surface area contributed by atoms with Gasteiger partial charge in [0.1, 0.15) is 0 Å². The molecule has 0 aliphatic carbocycles. The summed E-state index contributed by atoms with van der Waals surface area (Å²) in [5.74, 6) is 0. The molecule has 0 bridgehead atoms. The summed E-state index contributed by atoms with van der Waals surface area (Å²) in [6.45, 7) is 0. The van der Waals surface area contributed by atoms with Gasteiger partial charge in [-0.15, -0.1) is 0 Å². The first-order chi connectivity index (χ1) is 29.7. The van der Waals surface area contributed by atoms with Gasteiger partial charge in [0.25, 0.3) is 0 Å². The van der Waals surface area contributed by atoms with E-state index in [4.69, 9.17) is 0 Å². The Morgan fingerprint density at radius 2 is 0.733 bits per heavy atom. The largest absolute Gasteiger partial charge is 0.310 e. The Kier molecular flexibility index (Phi) is 8.87. The van der Waals surface area contributed by atoms with Crippen LogP contribution >= 0.6 is 0 Å². The van der Waals surface area contributed by atoms with E-state index in [2.05, 4.69) is 252 Å². The third kappa shape index (κ3) is 6.51. The maximum Gasteiger partial charge on any atom is 0.0541 e. The highest BCUT2D eigenvalue weighted by Crippen LogP contribution is 2.40. The van der Waals surface area contributed by atoms with Crippen LogP contribution in [-0.2, 0) is 0 Å². The van der Waals surface area contributed by atoms with Crippen molar-refractivity contribution < 1.29 is 0 Å². The average Bonchev–Trinajstić information content (AvgIpc) is 3.66. The number of benzene rings is 10. The summed E-state index contributed by atoms with van der Waals surface area (Å²) in [5, 5.41) is 5.01. The highest BCUT2D eigenvalue weighted by Gasteiger charge is 2.16. The second kappa shape index (κ2) is 15.1. The molecule has 0 amide bonds. The van der Waals surface area contributed by atoms with Gasteiger partial charge in [-0.2, -0.15) is 0 Å². The van der Waals surface area contributed by atoms with Gasteiger partial charge < -0.3 is 9.47 Å². The van der Waals surface area contributed by atoms with E-state index < -0.39 is 0 Å². The van der Waals surface area contributed by atoms with Crippen molar-refractivity contribution in [3.63, 3.8) is 0 Å². The van der Waals surface area contributed by atoms with Crippen molar-refractivity contribution in [1.82, 2.24) is 4.57 Å². The van der Waals surface area contributed by atoms with Gasteiger partial charge in [-0.1, -0.05) is 164 Å². The van der Waals surface area contributed by atoms with Crippen molar-refractivity contribution in [1.29, 1.82) is 0 Å². The fourth-order valence-electron chi connectivity index (χ4n) is 8.76. The lowest BCUT2D eigenvalue weighted by molar-refractivity contribution is 1.18. The van der Waals surface area contributed by atoms with E-state index >= 15 is 0 Å². The minimum absolute atomic E-state index is 1.09. The van der Waals surface area contributed by atoms with Crippen LogP contribution in [-0.4, -0.2) is 4.57 Å². The molecule has 0 atom stereocenters. The van der Waals surface area contributed by atoms with E-state index in [9.17, 15) is 0 Å². The molecule has 0 spiro atoms. The molecule has 2 nitrogen and oxygen atoms in total. The molecule has 11 aromatic rings. The summed E-state index contributed by atoms with van der Waals surface area (Å²) < 4.78 is 2.37. The first-order valence-electron chi connectivity index (χ1n) is 20.6. The van der Waals surface area contributed by atoms with E-state index in [0.717, 1.165) is 17.1 Å². The fourth-order valence-corrected chi connectivity index (χ4v) is 8.76. The molecule has 282 valence electrons. The first-order valence-corrected chi connectivity index (χ1v) is 20.6. The first kappa shape index (κ1) is 35.2. The average molecular weight is 765 g/mol. The monoisotopic (exact) mass is 764 g/mol. The minimum Gasteiger partial charge on any atom is -0.310 e. The molecule has 2 heteroatoms. The molecule has 1 heterocycles. The summed E-state index contributed by atoms with van der Waals surface area (Å²) in [6.07, 6.45) is 0. The molecular weight excluding hydrogens is 725 g/mol. The normalized spacial score (nSPS) is 11.3. The second-order valence-electron chi connectivity index (χ2n) is 15.4. The Labute approximate surface area is 350 Å². The Balaban J connectivity index is 0.961. The number of hydrogen-bond donors (Lipinski definition) is 0. The fraction of sp³-hybridized carbons (Fsp3) is 0. The number of hydrogen-bond acceptors (Lipinski definition) is 1. The molecule has 0 fully saturated rings. The number of nitrogens with zero attached hydrogens (tertiary/aromatic N) is 2. The molecule has 0 saturated carbocycles. The Hall–Kier alpha value is -7.94. The van der Waals surface area contributed by atoms with Crippen LogP contribution < -0.4 is 4.90 Å². The number of para-hydroxylation sites is 2. The summed E-state index contributed by atoms with van der Waals surface area (Å²) in [6, 6.07) is 87.8. The second-order valence-corrected chi connectivity index (χ2v) is 15.4. The Morgan fingerprint density at radius 3 is 1.47 bits per heavy atom. The van der Waals surface area contributed by atoms with Crippen LogP contribution in [0.4, 0.5) is 17.1 Å². The van der Waals surface area contributed by atoms with Crippen LogP contribution in [0.15, 0.2) is 243 Å². The van der Waals surface area contributed by atoms with Crippen molar-refractivity contribution in [2.45, 2.75) is 0 Å². The molecular formula is C58H40N2. The molecule has 10 aromatic carbocycles. The quantitative estimate of drug-likeness (QED) is 0.150. The lowest BCUT2D eigenvalue weighted by Crippen LogP contribution is -2.10. The molecule has 0 N–H and O–H groups in total. The van der Waals surface area contributed by atoms with Gasteiger partial charge in [-0.05, 0) is 134 Å². The van der Waals surface area contributed by atoms with Crippen LogP contribution in [0.1, 0.15) is 0 Å². The van der Waals surface area contributed by atoms with Gasteiger partial charge in [0.15, 0.2) is 0 Å². The van der Waals surface area contributed by atoms with E-state index in [-0.39, 0.29) is 0 Å². The topological polar surface area (TPSA) is 8.17 Å². The third-order valence-electron chi connectivity index (χ3n) is 11.8. The van der Waals surface area contributed by atoms with Crippen molar-refractivity contribution in [3.05, 3.63) is 243 Å². The molecule has 0 aliphatic rings. The molecule has 1 aromatic heterocycles. The van der Waals surface area contributed by atoms with Gasteiger partial charge in [-0.3, -0.25) is 0 Å². The maximum atomic E-state index is 2.37. The molecule has 0 saturated heterocycles. The van der Waals surface area contributed by atoms with E-state index in [1.165, 1.54) is 82.8 Å². The predicted molar refractivity (Wildman–Crippen MR) is 255 cm³/mol. The van der Waals surface area contributed by atoms with Crippen LogP contribution in [0, 0.1) is 0 Å². The van der Waals surface area contributed by atoms with Crippen LogP contribution in [0.2, 0.25) is 0 Å². The van der Waals surface area contributed by atoms with Gasteiger partial charge in [0.05, 0.1) is 11.0 Å². The number of anilines is 3. The lowest BCUT2D eigenvalue weighted by Gasteiger charge is -2.26. The van der Waals surface area contributed by atoms with E-state index in [1.807, 2.05) is 0 Å². The molecule has 0 radical (unpaired) electrons. The highest BCUT2D eigenvalue weighted by molar-refractivity contribution is 6.10. The lowest BCUT2D eigenvalue weighted by atomic mass is 9.97. The number of fused-ring (bicyclic) bond motifs is 4. The third-order valence-corrected chi connectivity index (χ3v) is 11.8. The summed E-state index contributed by atoms with van der Waals surface area (Å²) in [4.78, 5) is 2.36. The Morgan fingerprint density at radius 1 is 0.250 bits per heavy atom. The molecule has 11 rings (SSSR count). The van der Waals surface area contributed by atoms with Gasteiger partial charge in [0, 0.05) is 33.5 Å². The van der Waals surface area contributed by atoms with Crippen molar-refractivity contribution in [2.24, 2.45) is 0 Å². The smallest absolute Gasteiger partial charge is 0.0541 e. The highest BCUT2D eigenvalue weighted by atomic mass is 15.1. The number of rotatable bonds is 8. The molecule has 0 aliphatic heterocycles. The molecule has 60 heavy (non-hydrogen) atoms. The zero-order valence-corrected chi connectivity index (χ0v) is 33.0. The van der Waals surface area contributed by atoms with Crippen LogP contribution in [0.5, 0.6) is 0 Å². The standard InChI is InChI=1S/C58H40N2/c1-3-13-41(14-4-1)48-19-12-22-54(39-48)59(52-32-27-43(28-33-52)46-17-11-18-47(37-46)49-26-25-42-15-7-8-16-45(42)38-49)53-34-29-44(30-35-53)50-31-36-58-56(40-50)55-23-9-10-24-57(55)60(58)51-20-5-2-6-21-51/h1-40H. The van der Waals surface area contributed by atoms with Crippen molar-refractivity contribution in [3.8, 4) is 50.2 Å². The van der Waals surface area contributed by atoms with Gasteiger partial charge >= 0.3 is 0 Å². The number of aromatic nitrogens is 1. The van der Waals surface area contributed by atoms with Crippen molar-refractivity contribution >= 4 is 49.6 Å².